The zero-order valence-corrected chi connectivity index (χ0v) is 7.72. The highest BCUT2D eigenvalue weighted by atomic mass is 127. The molecule has 1 nitrogen and oxygen atoms in total. The molecule has 1 rings (SSSR count). The number of aryl methyl sites for hydroxylation is 1. The lowest BCUT2D eigenvalue weighted by Gasteiger charge is -1.96. The van der Waals surface area contributed by atoms with Gasteiger partial charge in [-0.25, -0.2) is 4.98 Å². The number of aromatic nitrogens is 1. The number of halogens is 2. The topological polar surface area (TPSA) is 12.9 Å². The minimum absolute atomic E-state index is 0.345. The van der Waals surface area contributed by atoms with E-state index >= 15 is 0 Å². The normalized spacial score (nSPS) is 9.90. The first kappa shape index (κ1) is 7.91. The Hall–Kier alpha value is -0.190. The molecule has 1 heterocycles. The summed E-state index contributed by atoms with van der Waals surface area (Å²) in [6.45, 7) is 1.91. The van der Waals surface area contributed by atoms with E-state index in [0.29, 0.717) is 12.0 Å². The molecule has 3 heteroatoms. The van der Waals surface area contributed by atoms with E-state index in [2.05, 4.69) is 27.6 Å². The van der Waals surface area contributed by atoms with Crippen LogP contribution in [-0.4, -0.2) is 4.98 Å². The number of rotatable bonds is 1. The van der Waals surface area contributed by atoms with Gasteiger partial charge >= 0.3 is 0 Å². The molecule has 0 aliphatic carbocycles. The lowest BCUT2D eigenvalue weighted by molar-refractivity contribution is 0.568. The van der Waals surface area contributed by atoms with E-state index in [9.17, 15) is 4.39 Å². The third-order valence-corrected chi connectivity index (χ3v) is 1.85. The van der Waals surface area contributed by atoms with Crippen molar-refractivity contribution in [3.05, 3.63) is 27.3 Å². The average molecular weight is 251 g/mol. The van der Waals surface area contributed by atoms with Crippen LogP contribution in [0.15, 0.2) is 12.3 Å². The molecule has 0 spiro atoms. The average Bonchev–Trinajstić information content (AvgIpc) is 1.94. The van der Waals surface area contributed by atoms with Crippen LogP contribution in [0.25, 0.3) is 0 Å². The molecule has 0 fully saturated rings. The van der Waals surface area contributed by atoms with Gasteiger partial charge in [-0.05, 0) is 35.1 Å². The summed E-state index contributed by atoms with van der Waals surface area (Å²) >= 11 is 2.12. The molecule has 0 saturated carbocycles. The molecule has 0 aliphatic heterocycles. The standard InChI is InChI=1S/C7H7FIN/c1-2-5-3-6(9)4-10-7(5)8/h3-4H,2H2,1H3. The maximum Gasteiger partial charge on any atom is 0.216 e. The molecule has 54 valence electrons. The Labute approximate surface area is 72.8 Å². The molecule has 0 unspecified atom stereocenters. The summed E-state index contributed by atoms with van der Waals surface area (Å²) in [4.78, 5) is 3.58. The maximum atomic E-state index is 12.7. The molecule has 0 atom stereocenters. The van der Waals surface area contributed by atoms with Crippen LogP contribution in [0.5, 0.6) is 0 Å². The van der Waals surface area contributed by atoms with Gasteiger partial charge in [-0.2, -0.15) is 4.39 Å². The van der Waals surface area contributed by atoms with Crippen LogP contribution >= 0.6 is 22.6 Å². The Morgan fingerprint density at radius 1 is 1.70 bits per heavy atom. The van der Waals surface area contributed by atoms with Gasteiger partial charge in [0.05, 0.1) is 0 Å². The lowest BCUT2D eigenvalue weighted by Crippen LogP contribution is -1.91. The third kappa shape index (κ3) is 1.65. The Morgan fingerprint density at radius 2 is 2.40 bits per heavy atom. The first-order chi connectivity index (χ1) is 4.74. The molecule has 1 aromatic rings. The Kier molecular flexibility index (Phi) is 2.59. The van der Waals surface area contributed by atoms with E-state index in [1.807, 2.05) is 13.0 Å². The highest BCUT2D eigenvalue weighted by Gasteiger charge is 1.99. The monoisotopic (exact) mass is 251 g/mol. The summed E-state index contributed by atoms with van der Waals surface area (Å²) in [5.41, 5.74) is 0.687. The van der Waals surface area contributed by atoms with Crippen LogP contribution in [0.1, 0.15) is 12.5 Å². The summed E-state index contributed by atoms with van der Waals surface area (Å²) < 4.78 is 13.6. The SMILES string of the molecule is CCc1cc(I)cnc1F. The van der Waals surface area contributed by atoms with Crippen molar-refractivity contribution < 1.29 is 4.39 Å². The lowest BCUT2D eigenvalue weighted by atomic mass is 10.2. The second-order valence-corrected chi connectivity index (χ2v) is 3.20. The van der Waals surface area contributed by atoms with Gasteiger partial charge in [-0.3, -0.25) is 0 Å². The fourth-order valence-corrected chi connectivity index (χ4v) is 1.23. The smallest absolute Gasteiger partial charge is 0.216 e. The molecular weight excluding hydrogens is 244 g/mol. The van der Waals surface area contributed by atoms with E-state index < -0.39 is 0 Å². The minimum Gasteiger partial charge on any atom is -0.227 e. The van der Waals surface area contributed by atoms with Crippen molar-refractivity contribution in [2.24, 2.45) is 0 Å². The molecule has 0 bridgehead atoms. The van der Waals surface area contributed by atoms with Gasteiger partial charge in [0.1, 0.15) is 0 Å². The molecule has 0 saturated heterocycles. The molecule has 0 amide bonds. The van der Waals surface area contributed by atoms with Crippen molar-refractivity contribution in [2.75, 3.05) is 0 Å². The van der Waals surface area contributed by atoms with Gasteiger partial charge in [-0.1, -0.05) is 6.92 Å². The largest absolute Gasteiger partial charge is 0.227 e. The van der Waals surface area contributed by atoms with E-state index in [1.165, 1.54) is 6.20 Å². The second-order valence-electron chi connectivity index (χ2n) is 1.96. The summed E-state index contributed by atoms with van der Waals surface area (Å²) in [5.74, 6) is -0.345. The van der Waals surface area contributed by atoms with E-state index in [1.54, 1.807) is 0 Å². The van der Waals surface area contributed by atoms with Gasteiger partial charge < -0.3 is 0 Å². The molecular formula is C7H7FIN. The maximum absolute atomic E-state index is 12.7. The van der Waals surface area contributed by atoms with E-state index in [-0.39, 0.29) is 5.95 Å². The summed E-state index contributed by atoms with van der Waals surface area (Å²) in [7, 11) is 0. The molecule has 10 heavy (non-hydrogen) atoms. The van der Waals surface area contributed by atoms with Gasteiger partial charge in [0, 0.05) is 15.3 Å². The van der Waals surface area contributed by atoms with Crippen molar-refractivity contribution in [1.29, 1.82) is 0 Å². The number of hydrogen-bond donors (Lipinski definition) is 0. The van der Waals surface area contributed by atoms with Crippen LogP contribution < -0.4 is 0 Å². The molecule has 0 aromatic carbocycles. The van der Waals surface area contributed by atoms with Crippen molar-refractivity contribution in [1.82, 2.24) is 4.98 Å². The number of hydrogen-bond acceptors (Lipinski definition) is 1. The van der Waals surface area contributed by atoms with Crippen LogP contribution in [0.3, 0.4) is 0 Å². The van der Waals surface area contributed by atoms with Crippen molar-refractivity contribution >= 4 is 22.6 Å². The molecule has 0 N–H and O–H groups in total. The van der Waals surface area contributed by atoms with E-state index in [4.69, 9.17) is 0 Å². The van der Waals surface area contributed by atoms with Crippen LogP contribution in [-0.2, 0) is 6.42 Å². The first-order valence-corrected chi connectivity index (χ1v) is 4.12. The fraction of sp³-hybridized carbons (Fsp3) is 0.286. The third-order valence-electron chi connectivity index (χ3n) is 1.26. The predicted molar refractivity (Wildman–Crippen MR) is 46.3 cm³/mol. The number of nitrogens with zero attached hydrogens (tertiary/aromatic N) is 1. The quantitative estimate of drug-likeness (QED) is 0.551. The highest BCUT2D eigenvalue weighted by Crippen LogP contribution is 2.09. The first-order valence-electron chi connectivity index (χ1n) is 3.04. The molecule has 1 aromatic heterocycles. The number of pyridine rings is 1. The Balaban J connectivity index is 3.09. The Bertz CT molecular complexity index is 237. The zero-order chi connectivity index (χ0) is 7.56. The predicted octanol–water partition coefficient (Wildman–Crippen LogP) is 2.39. The van der Waals surface area contributed by atoms with E-state index in [0.717, 1.165) is 3.57 Å². The van der Waals surface area contributed by atoms with Crippen molar-refractivity contribution in [3.8, 4) is 0 Å². The fourth-order valence-electron chi connectivity index (χ4n) is 0.712. The summed E-state index contributed by atoms with van der Waals surface area (Å²) in [5, 5.41) is 0. The van der Waals surface area contributed by atoms with Gasteiger partial charge in [0.2, 0.25) is 5.95 Å². The van der Waals surface area contributed by atoms with Crippen molar-refractivity contribution in [3.63, 3.8) is 0 Å². The van der Waals surface area contributed by atoms with Crippen LogP contribution in [0.2, 0.25) is 0 Å². The Morgan fingerprint density at radius 3 is 2.90 bits per heavy atom. The zero-order valence-electron chi connectivity index (χ0n) is 5.56. The van der Waals surface area contributed by atoms with Crippen LogP contribution in [0.4, 0.5) is 4.39 Å². The molecule has 0 aliphatic rings. The van der Waals surface area contributed by atoms with Gasteiger partial charge in [-0.15, -0.1) is 0 Å². The van der Waals surface area contributed by atoms with Crippen LogP contribution in [0, 0.1) is 9.52 Å². The highest BCUT2D eigenvalue weighted by molar-refractivity contribution is 14.1. The minimum atomic E-state index is -0.345. The summed E-state index contributed by atoms with van der Waals surface area (Å²) in [6, 6.07) is 1.81. The second kappa shape index (κ2) is 3.27. The van der Waals surface area contributed by atoms with Gasteiger partial charge in [0.15, 0.2) is 0 Å². The summed E-state index contributed by atoms with van der Waals surface area (Å²) in [6.07, 6.45) is 2.23. The molecule has 0 radical (unpaired) electrons. The van der Waals surface area contributed by atoms with Crippen molar-refractivity contribution in [2.45, 2.75) is 13.3 Å². The van der Waals surface area contributed by atoms with Gasteiger partial charge in [0.25, 0.3) is 0 Å².